The maximum absolute atomic E-state index is 11.3. The van der Waals surface area contributed by atoms with Crippen LogP contribution in [0.15, 0.2) is 79.4 Å². The van der Waals surface area contributed by atoms with Crippen LogP contribution in [0.25, 0.3) is 11.2 Å². The number of hydrogen-bond donors (Lipinski definition) is 4. The molecule has 240 valence electrons. The Labute approximate surface area is 269 Å². The van der Waals surface area contributed by atoms with Crippen molar-refractivity contribution in [3.05, 3.63) is 96.1 Å². The number of fused-ring (bicyclic) bond motifs is 1. The molecule has 0 radical (unpaired) electrons. The van der Waals surface area contributed by atoms with Crippen LogP contribution in [0.2, 0.25) is 0 Å². The largest absolute Gasteiger partial charge is 0.388 e. The number of rotatable bonds is 11. The minimum Gasteiger partial charge on any atom is -0.388 e. The van der Waals surface area contributed by atoms with Crippen molar-refractivity contribution >= 4 is 22.9 Å². The molecule has 4 heterocycles. The van der Waals surface area contributed by atoms with Crippen LogP contribution < -0.4 is 10.6 Å². The van der Waals surface area contributed by atoms with Gasteiger partial charge in [0.15, 0.2) is 17.0 Å². The van der Waals surface area contributed by atoms with Gasteiger partial charge < -0.3 is 30.3 Å². The third-order valence-electron chi connectivity index (χ3n) is 9.51. The van der Waals surface area contributed by atoms with Gasteiger partial charge in [-0.1, -0.05) is 67.1 Å². The van der Waals surface area contributed by atoms with Crippen LogP contribution in [-0.4, -0.2) is 89.3 Å². The number of hydrogen-bond acceptors (Lipinski definition) is 9. The molecule has 4 N–H and O–H groups in total. The Morgan fingerprint density at radius 3 is 2.24 bits per heavy atom. The molecule has 11 nitrogen and oxygen atoms in total. The maximum Gasteiger partial charge on any atom is 0.226 e. The molecule has 2 fully saturated rings. The van der Waals surface area contributed by atoms with E-state index in [2.05, 4.69) is 69.2 Å². The lowest BCUT2D eigenvalue weighted by atomic mass is 9.91. The van der Waals surface area contributed by atoms with Crippen LogP contribution in [-0.2, 0) is 0 Å². The molecule has 2 aromatic carbocycles. The van der Waals surface area contributed by atoms with Gasteiger partial charge in [-0.3, -0.25) is 4.68 Å². The van der Waals surface area contributed by atoms with Crippen molar-refractivity contribution in [1.29, 1.82) is 0 Å². The molecule has 0 unspecified atom stereocenters. The average Bonchev–Trinajstić information content (AvgIpc) is 3.79. The van der Waals surface area contributed by atoms with Gasteiger partial charge in [0.25, 0.3) is 0 Å². The van der Waals surface area contributed by atoms with Gasteiger partial charge in [-0.15, -0.1) is 0 Å². The SMILES string of the molecule is Cc1cnn([C@H]2C[C@@H](n3cnc4c(NCC(c5ccccc5)c5ccccc5)nc(NCCN5CCCCC5)nc43)[C@H](O)[C@@H]2O)c1. The third kappa shape index (κ3) is 6.35. The molecule has 5 aromatic rings. The van der Waals surface area contributed by atoms with E-state index >= 15 is 0 Å². The Hall–Kier alpha value is -4.32. The van der Waals surface area contributed by atoms with E-state index in [1.807, 2.05) is 29.8 Å². The van der Waals surface area contributed by atoms with E-state index in [1.165, 1.54) is 30.4 Å². The number of likely N-dealkylation sites (tertiary alicyclic amines) is 1. The fraction of sp³-hybridized carbons (Fsp3) is 0.429. The Morgan fingerprint density at radius 2 is 1.57 bits per heavy atom. The average molecular weight is 622 g/mol. The zero-order valence-corrected chi connectivity index (χ0v) is 26.3. The summed E-state index contributed by atoms with van der Waals surface area (Å²) in [5.41, 5.74) is 4.66. The summed E-state index contributed by atoms with van der Waals surface area (Å²) in [7, 11) is 0. The van der Waals surface area contributed by atoms with E-state index in [-0.39, 0.29) is 12.0 Å². The predicted molar refractivity (Wildman–Crippen MR) is 179 cm³/mol. The number of aliphatic hydroxyl groups excluding tert-OH is 2. The monoisotopic (exact) mass is 621 g/mol. The van der Waals surface area contributed by atoms with Gasteiger partial charge in [0.1, 0.15) is 12.2 Å². The van der Waals surface area contributed by atoms with Gasteiger partial charge in [0.05, 0.1) is 24.6 Å². The Kier molecular flexibility index (Phi) is 8.96. The summed E-state index contributed by atoms with van der Waals surface area (Å²) in [6.45, 7) is 6.47. The zero-order valence-electron chi connectivity index (χ0n) is 26.3. The van der Waals surface area contributed by atoms with E-state index in [0.717, 1.165) is 31.7 Å². The quantitative estimate of drug-likeness (QED) is 0.170. The smallest absolute Gasteiger partial charge is 0.226 e. The van der Waals surface area contributed by atoms with Crippen LogP contribution >= 0.6 is 0 Å². The van der Waals surface area contributed by atoms with E-state index in [1.54, 1.807) is 17.2 Å². The molecular formula is C35H43N9O2. The first-order valence-corrected chi connectivity index (χ1v) is 16.5. The summed E-state index contributed by atoms with van der Waals surface area (Å²) < 4.78 is 3.65. The molecule has 0 spiro atoms. The van der Waals surface area contributed by atoms with Gasteiger partial charge in [0.2, 0.25) is 5.95 Å². The highest BCUT2D eigenvalue weighted by Crippen LogP contribution is 2.40. The van der Waals surface area contributed by atoms with Crippen LogP contribution in [0.4, 0.5) is 11.8 Å². The number of nitrogens with one attached hydrogen (secondary N) is 2. The van der Waals surface area contributed by atoms with Crippen molar-refractivity contribution in [3.63, 3.8) is 0 Å². The fourth-order valence-electron chi connectivity index (χ4n) is 7.01. The van der Waals surface area contributed by atoms with Crippen molar-refractivity contribution in [2.24, 2.45) is 0 Å². The standard InChI is InChI=1S/C35H43N9O2/c1-24-20-39-44(22-24)29-19-28(31(45)32(29)46)43-23-38-30-33(40-35(41-34(30)43)36-15-18-42-16-9-4-10-17-42)37-21-27(25-11-5-2-6-12-25)26-13-7-3-8-14-26/h2-3,5-8,11-14,20,22-23,27-29,31-32,45-46H,4,9-10,15-19,21H2,1H3,(H2,36,37,40,41)/t28-,29+,31+,32-/m1/s1. The summed E-state index contributed by atoms with van der Waals surface area (Å²) >= 11 is 0. The van der Waals surface area contributed by atoms with Crippen molar-refractivity contribution in [2.45, 2.75) is 62.8 Å². The molecule has 11 heteroatoms. The highest BCUT2D eigenvalue weighted by Gasteiger charge is 2.44. The molecule has 1 aliphatic carbocycles. The summed E-state index contributed by atoms with van der Waals surface area (Å²) in [5, 5.41) is 33.8. The lowest BCUT2D eigenvalue weighted by Gasteiger charge is -2.26. The number of anilines is 2. The first-order valence-electron chi connectivity index (χ1n) is 16.5. The summed E-state index contributed by atoms with van der Waals surface area (Å²) in [6.07, 6.45) is 7.69. The molecule has 7 rings (SSSR count). The van der Waals surface area contributed by atoms with E-state index in [9.17, 15) is 10.2 Å². The Morgan fingerprint density at radius 1 is 0.870 bits per heavy atom. The number of aryl methyl sites for hydroxylation is 1. The van der Waals surface area contributed by atoms with E-state index in [0.29, 0.717) is 35.9 Å². The highest BCUT2D eigenvalue weighted by atomic mass is 16.3. The van der Waals surface area contributed by atoms with E-state index in [4.69, 9.17) is 15.0 Å². The molecule has 0 bridgehead atoms. The molecular weight excluding hydrogens is 578 g/mol. The van der Waals surface area contributed by atoms with Gasteiger partial charge >= 0.3 is 0 Å². The van der Waals surface area contributed by atoms with Gasteiger partial charge in [-0.2, -0.15) is 15.1 Å². The predicted octanol–water partition coefficient (Wildman–Crippen LogP) is 4.38. The minimum atomic E-state index is -1.01. The highest BCUT2D eigenvalue weighted by molar-refractivity contribution is 5.84. The number of piperidine rings is 1. The Balaban J connectivity index is 1.20. The lowest BCUT2D eigenvalue weighted by Crippen LogP contribution is -2.34. The van der Waals surface area contributed by atoms with Crippen LogP contribution in [0.1, 0.15) is 60.4 Å². The molecule has 1 aliphatic heterocycles. The molecule has 2 aliphatic rings. The summed E-state index contributed by atoms with van der Waals surface area (Å²) in [6, 6.07) is 20.2. The molecule has 3 aromatic heterocycles. The first-order chi connectivity index (χ1) is 22.5. The van der Waals surface area contributed by atoms with Crippen molar-refractivity contribution in [2.75, 3.05) is 43.4 Å². The molecule has 1 saturated carbocycles. The third-order valence-corrected chi connectivity index (χ3v) is 9.51. The topological polar surface area (TPSA) is 129 Å². The van der Waals surface area contributed by atoms with Crippen LogP contribution in [0.3, 0.4) is 0 Å². The van der Waals surface area contributed by atoms with E-state index < -0.39 is 18.2 Å². The number of aromatic nitrogens is 6. The minimum absolute atomic E-state index is 0.0927. The number of imidazole rings is 1. The zero-order chi connectivity index (χ0) is 31.5. The van der Waals surface area contributed by atoms with Crippen molar-refractivity contribution < 1.29 is 10.2 Å². The second kappa shape index (κ2) is 13.6. The van der Waals surface area contributed by atoms with Gasteiger partial charge in [0, 0.05) is 31.7 Å². The van der Waals surface area contributed by atoms with Crippen LogP contribution in [0.5, 0.6) is 0 Å². The van der Waals surface area contributed by atoms with Gasteiger partial charge in [-0.05, 0) is 56.0 Å². The fourth-order valence-corrected chi connectivity index (χ4v) is 7.01. The second-order valence-corrected chi connectivity index (χ2v) is 12.7. The molecule has 1 saturated heterocycles. The molecule has 46 heavy (non-hydrogen) atoms. The maximum atomic E-state index is 11.3. The lowest BCUT2D eigenvalue weighted by molar-refractivity contribution is 0.00722. The first kappa shape index (κ1) is 30.3. The number of nitrogens with zero attached hydrogens (tertiary/aromatic N) is 7. The summed E-state index contributed by atoms with van der Waals surface area (Å²) in [4.78, 5) is 17.1. The summed E-state index contributed by atoms with van der Waals surface area (Å²) in [5.74, 6) is 1.24. The van der Waals surface area contributed by atoms with Crippen molar-refractivity contribution in [1.82, 2.24) is 34.2 Å². The van der Waals surface area contributed by atoms with Crippen LogP contribution in [0, 0.1) is 6.92 Å². The van der Waals surface area contributed by atoms with Gasteiger partial charge in [-0.25, -0.2) is 4.98 Å². The number of aliphatic hydroxyl groups is 2. The Bertz CT molecular complexity index is 1680. The normalized spacial score (nSPS) is 22.1. The second-order valence-electron chi connectivity index (χ2n) is 12.7. The molecule has 0 amide bonds. The number of benzene rings is 2. The molecule has 4 atom stereocenters. The van der Waals surface area contributed by atoms with Crippen molar-refractivity contribution in [3.8, 4) is 0 Å².